The molecular weight excluding hydrogens is 276 g/mol. The Morgan fingerprint density at radius 3 is 3.05 bits per heavy atom. The van der Waals surface area contributed by atoms with Crippen LogP contribution < -0.4 is 5.32 Å². The van der Waals surface area contributed by atoms with Crippen molar-refractivity contribution >= 4 is 17.2 Å². The highest BCUT2D eigenvalue weighted by atomic mass is 32.1. The van der Waals surface area contributed by atoms with Crippen LogP contribution in [0.2, 0.25) is 0 Å². The summed E-state index contributed by atoms with van der Waals surface area (Å²) >= 11 is 1.48. The number of rotatable bonds is 6. The molecule has 0 aliphatic carbocycles. The molecule has 2 rings (SSSR count). The number of carbonyl (C=O) groups excluding carboxylic acids is 1. The second kappa shape index (κ2) is 7.15. The fraction of sp³-hybridized carbons (Fsp3) is 0.714. The monoisotopic (exact) mass is 298 g/mol. The molecule has 6 heteroatoms. The Labute approximate surface area is 123 Å². The van der Waals surface area contributed by atoms with E-state index < -0.39 is 0 Å². The van der Waals surface area contributed by atoms with Gasteiger partial charge in [0.15, 0.2) is 0 Å². The van der Waals surface area contributed by atoms with Gasteiger partial charge in [-0.1, -0.05) is 13.8 Å². The van der Waals surface area contributed by atoms with Crippen molar-refractivity contribution in [3.05, 3.63) is 16.1 Å². The summed E-state index contributed by atoms with van der Waals surface area (Å²) in [5, 5.41) is 14.6. The average Bonchev–Trinajstić information content (AvgIpc) is 3.08. The van der Waals surface area contributed by atoms with Gasteiger partial charge in [0.05, 0.1) is 0 Å². The van der Waals surface area contributed by atoms with Gasteiger partial charge in [-0.25, -0.2) is 4.98 Å². The first-order valence-electron chi connectivity index (χ1n) is 7.10. The largest absolute Gasteiger partial charge is 0.396 e. The van der Waals surface area contributed by atoms with E-state index in [-0.39, 0.29) is 30.6 Å². The first-order valence-corrected chi connectivity index (χ1v) is 7.98. The Morgan fingerprint density at radius 1 is 1.65 bits per heavy atom. The van der Waals surface area contributed by atoms with Crippen molar-refractivity contribution in [3.8, 4) is 0 Å². The zero-order valence-corrected chi connectivity index (χ0v) is 12.8. The SMILES string of the molecule is CC(C)C(CCO)NC(=O)c1csc(C2CCCO2)n1. The Morgan fingerprint density at radius 2 is 2.45 bits per heavy atom. The maximum Gasteiger partial charge on any atom is 0.270 e. The predicted molar refractivity (Wildman–Crippen MR) is 77.8 cm³/mol. The number of nitrogens with zero attached hydrogens (tertiary/aromatic N) is 1. The molecule has 2 unspecified atom stereocenters. The number of aliphatic hydroxyl groups excluding tert-OH is 1. The van der Waals surface area contributed by atoms with E-state index in [1.165, 1.54) is 11.3 Å². The minimum Gasteiger partial charge on any atom is -0.396 e. The highest BCUT2D eigenvalue weighted by Crippen LogP contribution is 2.30. The van der Waals surface area contributed by atoms with Gasteiger partial charge >= 0.3 is 0 Å². The normalized spacial score (nSPS) is 20.3. The minimum absolute atomic E-state index is 0.0274. The van der Waals surface area contributed by atoms with Gasteiger partial charge in [-0.3, -0.25) is 4.79 Å². The molecule has 1 aliphatic heterocycles. The second-order valence-corrected chi connectivity index (χ2v) is 6.30. The molecule has 2 heterocycles. The molecule has 5 nitrogen and oxygen atoms in total. The van der Waals surface area contributed by atoms with Gasteiger partial charge in [-0.05, 0) is 25.2 Å². The van der Waals surface area contributed by atoms with Gasteiger partial charge in [0.25, 0.3) is 5.91 Å². The van der Waals surface area contributed by atoms with Gasteiger partial charge in [0.2, 0.25) is 0 Å². The van der Waals surface area contributed by atoms with Crippen LogP contribution in [0.15, 0.2) is 5.38 Å². The van der Waals surface area contributed by atoms with Crippen LogP contribution >= 0.6 is 11.3 Å². The number of hydrogen-bond donors (Lipinski definition) is 2. The van der Waals surface area contributed by atoms with Crippen molar-refractivity contribution in [3.63, 3.8) is 0 Å². The van der Waals surface area contributed by atoms with Gasteiger partial charge in [-0.2, -0.15) is 0 Å². The smallest absolute Gasteiger partial charge is 0.270 e. The van der Waals surface area contributed by atoms with Gasteiger partial charge in [-0.15, -0.1) is 11.3 Å². The van der Waals surface area contributed by atoms with Crippen molar-refractivity contribution in [1.29, 1.82) is 0 Å². The maximum atomic E-state index is 12.2. The van der Waals surface area contributed by atoms with E-state index in [0.29, 0.717) is 12.1 Å². The van der Waals surface area contributed by atoms with Crippen molar-refractivity contribution in [2.75, 3.05) is 13.2 Å². The van der Waals surface area contributed by atoms with Crippen molar-refractivity contribution in [1.82, 2.24) is 10.3 Å². The second-order valence-electron chi connectivity index (χ2n) is 5.41. The van der Waals surface area contributed by atoms with Crippen LogP contribution in [-0.2, 0) is 4.74 Å². The summed E-state index contributed by atoms with van der Waals surface area (Å²) in [6.07, 6.45) is 2.65. The summed E-state index contributed by atoms with van der Waals surface area (Å²) in [5.41, 5.74) is 0.448. The van der Waals surface area contributed by atoms with Crippen LogP contribution in [-0.4, -0.2) is 35.3 Å². The van der Waals surface area contributed by atoms with E-state index in [4.69, 9.17) is 9.84 Å². The lowest BCUT2D eigenvalue weighted by atomic mass is 10.0. The number of amides is 1. The molecule has 20 heavy (non-hydrogen) atoms. The van der Waals surface area contributed by atoms with Crippen molar-refractivity contribution in [2.24, 2.45) is 5.92 Å². The number of aromatic nitrogens is 1. The number of hydrogen-bond acceptors (Lipinski definition) is 5. The Bertz CT molecular complexity index is 441. The molecule has 1 saturated heterocycles. The Hall–Kier alpha value is -0.980. The quantitative estimate of drug-likeness (QED) is 0.844. The predicted octanol–water partition coefficient (Wildman–Crippen LogP) is 2.13. The molecule has 2 atom stereocenters. The molecule has 1 amide bonds. The van der Waals surface area contributed by atoms with E-state index >= 15 is 0 Å². The fourth-order valence-corrected chi connectivity index (χ4v) is 3.15. The summed E-state index contributed by atoms with van der Waals surface area (Å²) in [7, 11) is 0. The highest BCUT2D eigenvalue weighted by Gasteiger charge is 2.23. The molecule has 0 spiro atoms. The number of carbonyl (C=O) groups is 1. The van der Waals surface area contributed by atoms with Gasteiger partial charge in [0, 0.05) is 24.6 Å². The maximum absolute atomic E-state index is 12.2. The molecule has 0 bridgehead atoms. The molecule has 112 valence electrons. The summed E-state index contributed by atoms with van der Waals surface area (Å²) in [5.74, 6) is 0.111. The summed E-state index contributed by atoms with van der Waals surface area (Å²) in [4.78, 5) is 16.6. The third-order valence-corrected chi connectivity index (χ3v) is 4.46. The molecule has 1 aromatic heterocycles. The molecule has 1 aliphatic rings. The fourth-order valence-electron chi connectivity index (χ4n) is 2.27. The van der Waals surface area contributed by atoms with E-state index in [9.17, 15) is 4.79 Å². The number of thiazole rings is 1. The Balaban J connectivity index is 1.98. The van der Waals surface area contributed by atoms with Crippen LogP contribution in [0.4, 0.5) is 0 Å². The third-order valence-electron chi connectivity index (χ3n) is 3.52. The van der Waals surface area contributed by atoms with Crippen molar-refractivity contribution in [2.45, 2.75) is 45.3 Å². The minimum atomic E-state index is -0.169. The zero-order chi connectivity index (χ0) is 14.5. The molecular formula is C14H22N2O3S. The standard InChI is InChI=1S/C14H22N2O3S/c1-9(2)10(5-6-17)15-13(18)11-8-20-14(16-11)12-4-3-7-19-12/h8-10,12,17H,3-7H2,1-2H3,(H,15,18). The van der Waals surface area contributed by atoms with E-state index in [1.54, 1.807) is 5.38 Å². The molecule has 1 aromatic rings. The van der Waals surface area contributed by atoms with E-state index in [2.05, 4.69) is 10.3 Å². The topological polar surface area (TPSA) is 71.5 Å². The zero-order valence-electron chi connectivity index (χ0n) is 12.0. The van der Waals surface area contributed by atoms with Crippen LogP contribution in [0.25, 0.3) is 0 Å². The summed E-state index contributed by atoms with van der Waals surface area (Å²) < 4.78 is 5.57. The Kier molecular flexibility index (Phi) is 5.51. The van der Waals surface area contributed by atoms with E-state index in [0.717, 1.165) is 24.5 Å². The average molecular weight is 298 g/mol. The van der Waals surface area contributed by atoms with Crippen LogP contribution in [0.3, 0.4) is 0 Å². The van der Waals surface area contributed by atoms with Crippen LogP contribution in [0, 0.1) is 5.92 Å². The molecule has 0 radical (unpaired) electrons. The lowest BCUT2D eigenvalue weighted by Crippen LogP contribution is -2.39. The summed E-state index contributed by atoms with van der Waals surface area (Å²) in [6, 6.07) is -0.0274. The first kappa shape index (κ1) is 15.4. The first-order chi connectivity index (χ1) is 9.61. The number of ether oxygens (including phenoxy) is 1. The molecule has 1 fully saturated rings. The highest BCUT2D eigenvalue weighted by molar-refractivity contribution is 7.09. The lowest BCUT2D eigenvalue weighted by Gasteiger charge is -2.20. The number of nitrogens with one attached hydrogen (secondary N) is 1. The van der Waals surface area contributed by atoms with Crippen LogP contribution in [0.5, 0.6) is 0 Å². The molecule has 0 aromatic carbocycles. The third kappa shape index (κ3) is 3.77. The lowest BCUT2D eigenvalue weighted by molar-refractivity contribution is 0.0909. The van der Waals surface area contributed by atoms with E-state index in [1.807, 2.05) is 13.8 Å². The molecule has 2 N–H and O–H groups in total. The molecule has 0 saturated carbocycles. The van der Waals surface area contributed by atoms with Gasteiger partial charge in [0.1, 0.15) is 16.8 Å². The van der Waals surface area contributed by atoms with Crippen molar-refractivity contribution < 1.29 is 14.6 Å². The number of aliphatic hydroxyl groups is 1. The van der Waals surface area contributed by atoms with Crippen LogP contribution in [0.1, 0.15) is 54.7 Å². The van der Waals surface area contributed by atoms with Gasteiger partial charge < -0.3 is 15.2 Å². The summed E-state index contributed by atoms with van der Waals surface area (Å²) in [6.45, 7) is 4.90.